The van der Waals surface area contributed by atoms with Crippen LogP contribution in [0.5, 0.6) is 0 Å². The smallest absolute Gasteiger partial charge is 0.0480 e. The minimum Gasteiger partial charge on any atom is -0.380 e. The number of para-hydroxylation sites is 1. The van der Waals surface area contributed by atoms with Crippen molar-refractivity contribution >= 4 is 17.4 Å². The molecular weight excluding hydrogens is 192 g/mol. The van der Waals surface area contributed by atoms with Gasteiger partial charge in [-0.15, -0.1) is 11.8 Å². The van der Waals surface area contributed by atoms with Gasteiger partial charge in [0.2, 0.25) is 0 Å². The Morgan fingerprint density at radius 2 is 1.93 bits per heavy atom. The van der Waals surface area contributed by atoms with Crippen molar-refractivity contribution in [3.63, 3.8) is 0 Å². The Bertz CT molecular complexity index is 286. The molecule has 1 aromatic rings. The summed E-state index contributed by atoms with van der Waals surface area (Å²) in [4.78, 5) is 1.26. The fraction of sp³-hybridized carbons (Fsp3) is 0.455. The van der Waals surface area contributed by atoms with Gasteiger partial charge in [-0.05, 0) is 32.2 Å². The highest BCUT2D eigenvalue weighted by molar-refractivity contribution is 7.98. The first-order valence-electron chi connectivity index (χ1n) is 4.80. The van der Waals surface area contributed by atoms with Gasteiger partial charge in [0, 0.05) is 22.7 Å². The van der Waals surface area contributed by atoms with Crippen molar-refractivity contribution in [1.82, 2.24) is 0 Å². The van der Waals surface area contributed by atoms with Gasteiger partial charge < -0.3 is 11.1 Å². The molecule has 3 N–H and O–H groups in total. The van der Waals surface area contributed by atoms with Gasteiger partial charge in [0.25, 0.3) is 0 Å². The van der Waals surface area contributed by atoms with Crippen LogP contribution in [0.4, 0.5) is 5.69 Å². The summed E-state index contributed by atoms with van der Waals surface area (Å²) in [6, 6.07) is 8.74. The van der Waals surface area contributed by atoms with Gasteiger partial charge in [0.15, 0.2) is 0 Å². The van der Waals surface area contributed by atoms with Crippen molar-refractivity contribution in [2.45, 2.75) is 30.8 Å². The first-order valence-corrected chi connectivity index (χ1v) is 6.02. The molecule has 2 atom stereocenters. The van der Waals surface area contributed by atoms with Crippen LogP contribution in [0.2, 0.25) is 0 Å². The molecule has 0 amide bonds. The summed E-state index contributed by atoms with van der Waals surface area (Å²) in [6.07, 6.45) is 2.08. The van der Waals surface area contributed by atoms with Crippen LogP contribution in [-0.4, -0.2) is 18.3 Å². The lowest BCUT2D eigenvalue weighted by molar-refractivity contribution is 0.637. The Morgan fingerprint density at radius 1 is 1.29 bits per heavy atom. The van der Waals surface area contributed by atoms with E-state index in [0.29, 0.717) is 6.04 Å². The van der Waals surface area contributed by atoms with E-state index in [4.69, 9.17) is 5.73 Å². The number of benzene rings is 1. The zero-order valence-corrected chi connectivity index (χ0v) is 9.77. The summed E-state index contributed by atoms with van der Waals surface area (Å²) in [5, 5.41) is 3.42. The van der Waals surface area contributed by atoms with Crippen LogP contribution < -0.4 is 11.1 Å². The van der Waals surface area contributed by atoms with Gasteiger partial charge in [-0.3, -0.25) is 0 Å². The second-order valence-electron chi connectivity index (χ2n) is 3.49. The number of hydrogen-bond donors (Lipinski definition) is 2. The summed E-state index contributed by atoms with van der Waals surface area (Å²) in [5.41, 5.74) is 6.98. The Balaban J connectivity index is 2.75. The van der Waals surface area contributed by atoms with Crippen molar-refractivity contribution in [1.29, 1.82) is 0 Å². The SMILES string of the molecule is CSc1ccccc1NC(C)C(C)N. The molecule has 3 heteroatoms. The molecule has 0 aromatic heterocycles. The van der Waals surface area contributed by atoms with Crippen LogP contribution in [0.15, 0.2) is 29.2 Å². The molecule has 0 fully saturated rings. The maximum atomic E-state index is 5.81. The lowest BCUT2D eigenvalue weighted by Gasteiger charge is -2.20. The molecular formula is C11H18N2S. The number of nitrogens with one attached hydrogen (secondary N) is 1. The molecule has 2 nitrogen and oxygen atoms in total. The maximum Gasteiger partial charge on any atom is 0.0480 e. The van der Waals surface area contributed by atoms with Crippen LogP contribution in [0.1, 0.15) is 13.8 Å². The van der Waals surface area contributed by atoms with Gasteiger partial charge in [0.05, 0.1) is 0 Å². The summed E-state index contributed by atoms with van der Waals surface area (Å²) < 4.78 is 0. The number of thioether (sulfide) groups is 1. The number of rotatable bonds is 4. The van der Waals surface area contributed by atoms with E-state index in [1.165, 1.54) is 10.6 Å². The summed E-state index contributed by atoms with van der Waals surface area (Å²) in [7, 11) is 0. The molecule has 0 spiro atoms. The first kappa shape index (κ1) is 11.4. The lowest BCUT2D eigenvalue weighted by atomic mass is 10.2. The third-order valence-electron chi connectivity index (χ3n) is 2.28. The van der Waals surface area contributed by atoms with Crippen LogP contribution >= 0.6 is 11.8 Å². The molecule has 0 aliphatic heterocycles. The molecule has 0 aliphatic rings. The van der Waals surface area contributed by atoms with Gasteiger partial charge in [-0.2, -0.15) is 0 Å². The second kappa shape index (κ2) is 5.27. The summed E-state index contributed by atoms with van der Waals surface area (Å²) in [5.74, 6) is 0. The normalized spacial score (nSPS) is 14.9. The minimum absolute atomic E-state index is 0.157. The van der Waals surface area contributed by atoms with Crippen LogP contribution in [-0.2, 0) is 0 Å². The second-order valence-corrected chi connectivity index (χ2v) is 4.34. The van der Waals surface area contributed by atoms with Crippen molar-refractivity contribution in [3.05, 3.63) is 24.3 Å². The first-order chi connectivity index (χ1) is 6.65. The molecule has 0 radical (unpaired) electrons. The topological polar surface area (TPSA) is 38.0 Å². The van der Waals surface area contributed by atoms with E-state index >= 15 is 0 Å². The van der Waals surface area contributed by atoms with Gasteiger partial charge in [0.1, 0.15) is 0 Å². The minimum atomic E-state index is 0.157. The van der Waals surface area contributed by atoms with Gasteiger partial charge >= 0.3 is 0 Å². The number of nitrogens with two attached hydrogens (primary N) is 1. The molecule has 14 heavy (non-hydrogen) atoms. The fourth-order valence-corrected chi connectivity index (χ4v) is 1.70. The van der Waals surface area contributed by atoms with Gasteiger partial charge in [-0.1, -0.05) is 12.1 Å². The van der Waals surface area contributed by atoms with E-state index in [0.717, 1.165) is 0 Å². The van der Waals surface area contributed by atoms with E-state index in [9.17, 15) is 0 Å². The van der Waals surface area contributed by atoms with Crippen LogP contribution in [0.3, 0.4) is 0 Å². The number of anilines is 1. The Morgan fingerprint density at radius 3 is 2.50 bits per heavy atom. The molecule has 0 saturated heterocycles. The predicted molar refractivity (Wildman–Crippen MR) is 65.0 cm³/mol. The third kappa shape index (κ3) is 2.93. The predicted octanol–water partition coefficient (Wildman–Crippen LogP) is 2.56. The fourth-order valence-electron chi connectivity index (χ4n) is 1.14. The Kier molecular flexibility index (Phi) is 4.29. The average Bonchev–Trinajstić information content (AvgIpc) is 2.18. The van der Waals surface area contributed by atoms with E-state index in [1.807, 2.05) is 19.1 Å². The van der Waals surface area contributed by atoms with Gasteiger partial charge in [-0.25, -0.2) is 0 Å². The molecule has 1 aromatic carbocycles. The van der Waals surface area contributed by atoms with Crippen LogP contribution in [0.25, 0.3) is 0 Å². The quantitative estimate of drug-likeness (QED) is 0.750. The molecule has 1 rings (SSSR count). The zero-order chi connectivity index (χ0) is 10.6. The van der Waals surface area contributed by atoms with Crippen molar-refractivity contribution < 1.29 is 0 Å². The van der Waals surface area contributed by atoms with Crippen molar-refractivity contribution in [2.24, 2.45) is 5.73 Å². The van der Waals surface area contributed by atoms with Crippen molar-refractivity contribution in [3.8, 4) is 0 Å². The van der Waals surface area contributed by atoms with E-state index in [2.05, 4.69) is 30.6 Å². The largest absolute Gasteiger partial charge is 0.380 e. The molecule has 78 valence electrons. The van der Waals surface area contributed by atoms with E-state index in [-0.39, 0.29) is 6.04 Å². The van der Waals surface area contributed by atoms with Crippen molar-refractivity contribution in [2.75, 3.05) is 11.6 Å². The third-order valence-corrected chi connectivity index (χ3v) is 3.07. The van der Waals surface area contributed by atoms with Crippen LogP contribution in [0, 0.1) is 0 Å². The molecule has 0 bridgehead atoms. The Hall–Kier alpha value is -0.670. The lowest BCUT2D eigenvalue weighted by Crippen LogP contribution is -2.35. The average molecular weight is 210 g/mol. The summed E-state index contributed by atoms with van der Waals surface area (Å²) >= 11 is 1.75. The maximum absolute atomic E-state index is 5.81. The Labute approximate surface area is 90.3 Å². The molecule has 0 aliphatic carbocycles. The summed E-state index contributed by atoms with van der Waals surface area (Å²) in [6.45, 7) is 4.11. The van der Waals surface area contributed by atoms with E-state index < -0.39 is 0 Å². The monoisotopic (exact) mass is 210 g/mol. The highest BCUT2D eigenvalue weighted by Gasteiger charge is 2.08. The highest BCUT2D eigenvalue weighted by atomic mass is 32.2. The molecule has 0 saturated carbocycles. The van der Waals surface area contributed by atoms with E-state index in [1.54, 1.807) is 11.8 Å². The number of hydrogen-bond acceptors (Lipinski definition) is 3. The molecule has 2 unspecified atom stereocenters. The highest BCUT2D eigenvalue weighted by Crippen LogP contribution is 2.25. The zero-order valence-electron chi connectivity index (χ0n) is 8.95. The standard InChI is InChI=1S/C11H18N2S/c1-8(12)9(2)13-10-6-4-5-7-11(10)14-3/h4-9,13H,12H2,1-3H3. The molecule has 0 heterocycles.